The molecule has 0 aliphatic heterocycles. The molecule has 8 nitrogen and oxygen atoms in total. The van der Waals surface area contributed by atoms with Gasteiger partial charge in [-0.3, -0.25) is 25.2 Å². The van der Waals surface area contributed by atoms with Gasteiger partial charge in [0, 0.05) is 18.4 Å². The number of hydrazine groups is 1. The summed E-state index contributed by atoms with van der Waals surface area (Å²) in [6.45, 7) is 4.41. The molecule has 0 aliphatic carbocycles. The summed E-state index contributed by atoms with van der Waals surface area (Å²) in [7, 11) is 0. The molecule has 0 fully saturated rings. The van der Waals surface area contributed by atoms with Gasteiger partial charge in [0.15, 0.2) is 11.5 Å². The van der Waals surface area contributed by atoms with Gasteiger partial charge in [-0.25, -0.2) is 4.68 Å². The van der Waals surface area contributed by atoms with Crippen molar-refractivity contribution in [3.8, 4) is 0 Å². The highest BCUT2D eigenvalue weighted by molar-refractivity contribution is 6.05. The van der Waals surface area contributed by atoms with E-state index in [9.17, 15) is 14.4 Å². The number of benzene rings is 1. The summed E-state index contributed by atoms with van der Waals surface area (Å²) in [6.07, 6.45) is 3.42. The van der Waals surface area contributed by atoms with Crippen LogP contribution >= 0.6 is 0 Å². The van der Waals surface area contributed by atoms with Crippen molar-refractivity contribution in [3.05, 3.63) is 64.0 Å². The molecule has 2 heterocycles. The fraction of sp³-hybridized carbons (Fsp3) is 0.333. The van der Waals surface area contributed by atoms with Gasteiger partial charge < -0.3 is 4.42 Å². The summed E-state index contributed by atoms with van der Waals surface area (Å²) < 4.78 is 6.68. The van der Waals surface area contributed by atoms with Crippen LogP contribution in [-0.4, -0.2) is 21.6 Å². The molecule has 8 heteroatoms. The molecule has 0 saturated carbocycles. The zero-order valence-electron chi connectivity index (χ0n) is 16.5. The number of carbonyl (C=O) groups excluding carboxylic acids is 2. The molecule has 0 saturated heterocycles. The van der Waals surface area contributed by atoms with Gasteiger partial charge in [0.25, 0.3) is 11.5 Å². The van der Waals surface area contributed by atoms with Crippen molar-refractivity contribution in [2.75, 3.05) is 0 Å². The number of fused-ring (bicyclic) bond motifs is 1. The van der Waals surface area contributed by atoms with E-state index in [4.69, 9.17) is 4.42 Å². The van der Waals surface area contributed by atoms with Crippen LogP contribution in [0.25, 0.3) is 10.8 Å². The summed E-state index contributed by atoms with van der Waals surface area (Å²) in [5.41, 5.74) is 4.52. The van der Waals surface area contributed by atoms with Crippen LogP contribution in [0.5, 0.6) is 0 Å². The first-order valence-electron chi connectivity index (χ1n) is 9.74. The molecule has 152 valence electrons. The van der Waals surface area contributed by atoms with E-state index >= 15 is 0 Å². The van der Waals surface area contributed by atoms with E-state index < -0.39 is 11.8 Å². The Balaban J connectivity index is 1.83. The number of rotatable bonds is 7. The van der Waals surface area contributed by atoms with E-state index in [1.165, 1.54) is 4.68 Å². The Bertz CT molecular complexity index is 1080. The number of hydrogen-bond acceptors (Lipinski definition) is 5. The van der Waals surface area contributed by atoms with Crippen LogP contribution in [0, 0.1) is 0 Å². The van der Waals surface area contributed by atoms with Crippen molar-refractivity contribution in [1.29, 1.82) is 0 Å². The molecule has 29 heavy (non-hydrogen) atoms. The van der Waals surface area contributed by atoms with E-state index in [-0.39, 0.29) is 17.0 Å². The lowest BCUT2D eigenvalue weighted by molar-refractivity contribution is 0.0827. The van der Waals surface area contributed by atoms with Gasteiger partial charge >= 0.3 is 5.91 Å². The zero-order chi connectivity index (χ0) is 20.8. The molecular formula is C21H24N4O4. The van der Waals surface area contributed by atoms with Crippen LogP contribution in [0.4, 0.5) is 0 Å². The average molecular weight is 396 g/mol. The number of nitrogens with zero attached hydrogens (tertiary/aromatic N) is 2. The molecule has 3 aromatic rings. The Morgan fingerprint density at radius 2 is 1.72 bits per heavy atom. The molecule has 0 bridgehead atoms. The third-order valence-corrected chi connectivity index (χ3v) is 4.58. The van der Waals surface area contributed by atoms with Gasteiger partial charge in [-0.15, -0.1) is 0 Å². The van der Waals surface area contributed by atoms with Crippen molar-refractivity contribution in [3.63, 3.8) is 0 Å². The first-order chi connectivity index (χ1) is 14.0. The first-order valence-corrected chi connectivity index (χ1v) is 9.74. The molecule has 0 atom stereocenters. The fourth-order valence-corrected chi connectivity index (χ4v) is 2.99. The van der Waals surface area contributed by atoms with Crippen LogP contribution in [0.1, 0.15) is 59.9 Å². The molecule has 2 N–H and O–H groups in total. The van der Waals surface area contributed by atoms with E-state index in [1.807, 2.05) is 6.92 Å². The Labute approximate surface area is 167 Å². The van der Waals surface area contributed by atoms with Gasteiger partial charge in [0.05, 0.1) is 5.39 Å². The lowest BCUT2D eigenvalue weighted by atomic mass is 10.1. The van der Waals surface area contributed by atoms with E-state index in [0.717, 1.165) is 19.3 Å². The van der Waals surface area contributed by atoms with Gasteiger partial charge in [-0.2, -0.15) is 5.10 Å². The smallest absolute Gasteiger partial charge is 0.305 e. The SMILES string of the molecule is CCCCCn1nc(C(=O)NNC(=O)c2ccc(CC)o2)c2ccccc2c1=O. The fourth-order valence-electron chi connectivity index (χ4n) is 2.99. The van der Waals surface area contributed by atoms with Crippen molar-refractivity contribution < 1.29 is 14.0 Å². The number of aromatic nitrogens is 2. The number of furan rings is 1. The first kappa shape index (κ1) is 20.3. The Hall–Kier alpha value is -3.42. The summed E-state index contributed by atoms with van der Waals surface area (Å²) >= 11 is 0. The standard InChI is InChI=1S/C21H24N4O4/c1-3-5-8-13-25-21(28)16-10-7-6-9-15(16)18(24-25)20(27)23-22-19(26)17-12-11-14(4-2)29-17/h6-7,9-12H,3-5,8,13H2,1-2H3,(H,22,26)(H,23,27). The maximum atomic E-state index is 12.7. The highest BCUT2D eigenvalue weighted by Gasteiger charge is 2.18. The summed E-state index contributed by atoms with van der Waals surface area (Å²) in [5, 5.41) is 5.10. The Kier molecular flexibility index (Phi) is 6.43. The quantitative estimate of drug-likeness (QED) is 0.472. The van der Waals surface area contributed by atoms with Crippen LogP contribution in [-0.2, 0) is 13.0 Å². The number of hydrogen-bond donors (Lipinski definition) is 2. The van der Waals surface area contributed by atoms with Crippen molar-refractivity contribution in [2.45, 2.75) is 46.1 Å². The molecule has 0 radical (unpaired) electrons. The van der Waals surface area contributed by atoms with Crippen LogP contribution in [0.2, 0.25) is 0 Å². The maximum Gasteiger partial charge on any atom is 0.305 e. The normalized spacial score (nSPS) is 10.8. The Morgan fingerprint density at radius 1 is 1.00 bits per heavy atom. The second kappa shape index (κ2) is 9.18. The van der Waals surface area contributed by atoms with Gasteiger partial charge in [-0.1, -0.05) is 44.9 Å². The van der Waals surface area contributed by atoms with Crippen LogP contribution < -0.4 is 16.4 Å². The summed E-state index contributed by atoms with van der Waals surface area (Å²) in [5.74, 6) is -0.405. The number of carbonyl (C=O) groups is 2. The highest BCUT2D eigenvalue weighted by Crippen LogP contribution is 2.13. The lowest BCUT2D eigenvalue weighted by Gasteiger charge is -2.11. The highest BCUT2D eigenvalue weighted by atomic mass is 16.4. The van der Waals surface area contributed by atoms with E-state index in [0.29, 0.717) is 29.5 Å². The van der Waals surface area contributed by atoms with Crippen molar-refractivity contribution >= 4 is 22.6 Å². The molecule has 0 unspecified atom stereocenters. The summed E-state index contributed by atoms with van der Waals surface area (Å²) in [4.78, 5) is 37.6. The zero-order valence-corrected chi connectivity index (χ0v) is 16.5. The topological polar surface area (TPSA) is 106 Å². The minimum absolute atomic E-state index is 0.0747. The Morgan fingerprint density at radius 3 is 2.41 bits per heavy atom. The number of nitrogens with one attached hydrogen (secondary N) is 2. The predicted molar refractivity (Wildman–Crippen MR) is 109 cm³/mol. The molecule has 0 spiro atoms. The third kappa shape index (κ3) is 4.53. The van der Waals surface area contributed by atoms with E-state index in [1.54, 1.807) is 36.4 Å². The molecule has 0 aliphatic rings. The molecule has 2 amide bonds. The van der Waals surface area contributed by atoms with Crippen LogP contribution in [0.3, 0.4) is 0 Å². The van der Waals surface area contributed by atoms with E-state index in [2.05, 4.69) is 22.9 Å². The monoisotopic (exact) mass is 396 g/mol. The largest absolute Gasteiger partial charge is 0.456 e. The second-order valence-electron chi connectivity index (χ2n) is 6.66. The minimum atomic E-state index is -0.610. The molecule has 1 aromatic carbocycles. The third-order valence-electron chi connectivity index (χ3n) is 4.58. The molecule has 3 rings (SSSR count). The average Bonchev–Trinajstić information content (AvgIpc) is 3.23. The van der Waals surface area contributed by atoms with Gasteiger partial charge in [0.2, 0.25) is 0 Å². The molecule has 2 aromatic heterocycles. The second-order valence-corrected chi connectivity index (χ2v) is 6.66. The predicted octanol–water partition coefficient (Wildman–Crippen LogP) is 2.82. The number of amides is 2. The summed E-state index contributed by atoms with van der Waals surface area (Å²) in [6, 6.07) is 10.1. The van der Waals surface area contributed by atoms with Crippen molar-refractivity contribution in [2.24, 2.45) is 0 Å². The van der Waals surface area contributed by atoms with Gasteiger partial charge in [0.1, 0.15) is 5.76 Å². The van der Waals surface area contributed by atoms with Crippen LogP contribution in [0.15, 0.2) is 45.6 Å². The van der Waals surface area contributed by atoms with Crippen molar-refractivity contribution in [1.82, 2.24) is 20.6 Å². The lowest BCUT2D eigenvalue weighted by Crippen LogP contribution is -2.42. The number of aryl methyl sites for hydroxylation is 2. The van der Waals surface area contributed by atoms with Gasteiger partial charge in [-0.05, 0) is 24.6 Å². The number of unbranched alkanes of at least 4 members (excludes halogenated alkanes) is 2. The molecular weight excluding hydrogens is 372 g/mol. The maximum absolute atomic E-state index is 12.7. The minimum Gasteiger partial charge on any atom is -0.456 e.